The SMILES string of the molecule is CC(=O)I.c1ccncc1. The molecule has 1 rings (SSSR count). The first-order chi connectivity index (χ1) is 4.73. The van der Waals surface area contributed by atoms with Crippen LogP contribution in [0.15, 0.2) is 30.6 Å². The van der Waals surface area contributed by atoms with E-state index in [0.29, 0.717) is 0 Å². The second-order valence-electron chi connectivity index (χ2n) is 1.49. The normalized spacial score (nSPS) is 7.40. The van der Waals surface area contributed by atoms with Gasteiger partial charge in [0.2, 0.25) is 0 Å². The van der Waals surface area contributed by atoms with E-state index in [2.05, 4.69) is 4.98 Å². The maximum atomic E-state index is 9.43. The van der Waals surface area contributed by atoms with Crippen molar-refractivity contribution < 1.29 is 4.79 Å². The Labute approximate surface area is 73.8 Å². The summed E-state index contributed by atoms with van der Waals surface area (Å²) in [5, 5.41) is 0. The first-order valence-electron chi connectivity index (χ1n) is 2.74. The van der Waals surface area contributed by atoms with E-state index in [-0.39, 0.29) is 3.79 Å². The van der Waals surface area contributed by atoms with Crippen molar-refractivity contribution in [3.63, 3.8) is 0 Å². The molecule has 0 bridgehead atoms. The van der Waals surface area contributed by atoms with E-state index >= 15 is 0 Å². The molecule has 0 aliphatic heterocycles. The summed E-state index contributed by atoms with van der Waals surface area (Å²) in [7, 11) is 0. The van der Waals surface area contributed by atoms with Crippen molar-refractivity contribution in [1.29, 1.82) is 0 Å². The van der Waals surface area contributed by atoms with E-state index in [9.17, 15) is 4.79 Å². The molecular formula is C7H8INO. The lowest BCUT2D eigenvalue weighted by Crippen LogP contribution is -1.60. The van der Waals surface area contributed by atoms with Crippen molar-refractivity contribution >= 4 is 26.4 Å². The fraction of sp³-hybridized carbons (Fsp3) is 0.143. The number of hydrogen-bond donors (Lipinski definition) is 0. The van der Waals surface area contributed by atoms with Gasteiger partial charge in [-0.15, -0.1) is 0 Å². The number of pyridine rings is 1. The minimum absolute atomic E-state index is 0.137. The van der Waals surface area contributed by atoms with Crippen molar-refractivity contribution in [1.82, 2.24) is 4.98 Å². The lowest BCUT2D eigenvalue weighted by molar-refractivity contribution is -0.107. The third-order valence-electron chi connectivity index (χ3n) is 0.566. The second kappa shape index (κ2) is 6.67. The van der Waals surface area contributed by atoms with E-state index in [1.807, 2.05) is 18.2 Å². The Kier molecular flexibility index (Phi) is 6.37. The highest BCUT2D eigenvalue weighted by atomic mass is 127. The van der Waals surface area contributed by atoms with Crippen LogP contribution in [0.3, 0.4) is 0 Å². The van der Waals surface area contributed by atoms with E-state index < -0.39 is 0 Å². The molecule has 0 N–H and O–H groups in total. The summed E-state index contributed by atoms with van der Waals surface area (Å²) < 4.78 is 0.137. The second-order valence-corrected chi connectivity index (χ2v) is 3.01. The maximum Gasteiger partial charge on any atom is 0.189 e. The van der Waals surface area contributed by atoms with E-state index in [4.69, 9.17) is 0 Å². The minimum Gasteiger partial charge on any atom is -0.288 e. The maximum absolute atomic E-state index is 9.43. The van der Waals surface area contributed by atoms with Crippen LogP contribution in [0.1, 0.15) is 6.92 Å². The summed E-state index contributed by atoms with van der Waals surface area (Å²) in [4.78, 5) is 13.2. The predicted octanol–water partition coefficient (Wildman–Crippen LogP) is 2.05. The van der Waals surface area contributed by atoms with Crippen molar-refractivity contribution in [2.24, 2.45) is 0 Å². The fourth-order valence-corrected chi connectivity index (χ4v) is 0.313. The molecule has 0 atom stereocenters. The van der Waals surface area contributed by atoms with E-state index in [1.165, 1.54) is 6.92 Å². The lowest BCUT2D eigenvalue weighted by atomic mass is 10.5. The van der Waals surface area contributed by atoms with Gasteiger partial charge in [-0.2, -0.15) is 0 Å². The van der Waals surface area contributed by atoms with Crippen LogP contribution in [-0.2, 0) is 4.79 Å². The molecule has 1 aromatic heterocycles. The van der Waals surface area contributed by atoms with Gasteiger partial charge in [-0.05, 0) is 34.7 Å². The molecule has 54 valence electrons. The molecule has 0 saturated carbocycles. The molecule has 0 aliphatic carbocycles. The third kappa shape index (κ3) is 10.5. The zero-order valence-electron chi connectivity index (χ0n) is 5.62. The van der Waals surface area contributed by atoms with Crippen LogP contribution in [-0.4, -0.2) is 8.77 Å². The first-order valence-corrected chi connectivity index (χ1v) is 3.82. The Morgan fingerprint density at radius 2 is 1.70 bits per heavy atom. The molecule has 0 amide bonds. The van der Waals surface area contributed by atoms with E-state index in [0.717, 1.165) is 0 Å². The number of halogens is 1. The monoisotopic (exact) mass is 249 g/mol. The average molecular weight is 249 g/mol. The highest BCUT2D eigenvalue weighted by Crippen LogP contribution is 1.76. The van der Waals surface area contributed by atoms with Gasteiger partial charge in [-0.3, -0.25) is 9.78 Å². The zero-order chi connectivity index (χ0) is 7.82. The van der Waals surface area contributed by atoms with Gasteiger partial charge < -0.3 is 0 Å². The predicted molar refractivity (Wildman–Crippen MR) is 48.9 cm³/mol. The molecule has 0 unspecified atom stereocenters. The molecule has 0 aromatic carbocycles. The van der Waals surface area contributed by atoms with Gasteiger partial charge in [0.15, 0.2) is 3.79 Å². The van der Waals surface area contributed by atoms with Crippen LogP contribution in [0, 0.1) is 0 Å². The Hall–Kier alpha value is -0.450. The summed E-state index contributed by atoms with van der Waals surface area (Å²) in [6, 6.07) is 5.72. The van der Waals surface area contributed by atoms with Crippen molar-refractivity contribution in [2.75, 3.05) is 0 Å². The molecule has 0 saturated heterocycles. The number of carbonyl (C=O) groups is 1. The van der Waals surface area contributed by atoms with Crippen LogP contribution < -0.4 is 0 Å². The number of hydrogen-bond acceptors (Lipinski definition) is 2. The first kappa shape index (κ1) is 9.55. The molecule has 10 heavy (non-hydrogen) atoms. The van der Waals surface area contributed by atoms with Crippen LogP contribution in [0.5, 0.6) is 0 Å². The average Bonchev–Trinajstić information content (AvgIpc) is 1.90. The van der Waals surface area contributed by atoms with Gasteiger partial charge in [0.25, 0.3) is 0 Å². The Balaban J connectivity index is 0.000000180. The summed E-state index contributed by atoms with van der Waals surface area (Å²) in [6.07, 6.45) is 3.50. The Morgan fingerprint density at radius 3 is 1.80 bits per heavy atom. The standard InChI is InChI=1S/C5H5N.C2H3IO/c1-2-4-6-5-3-1;1-2(3)4/h1-5H;1H3. The van der Waals surface area contributed by atoms with Crippen LogP contribution in [0.2, 0.25) is 0 Å². The summed E-state index contributed by atoms with van der Waals surface area (Å²) in [5.41, 5.74) is 0. The molecule has 0 spiro atoms. The van der Waals surface area contributed by atoms with Crippen molar-refractivity contribution in [3.8, 4) is 0 Å². The number of nitrogens with zero attached hydrogens (tertiary/aromatic N) is 1. The lowest BCUT2D eigenvalue weighted by Gasteiger charge is -1.70. The van der Waals surface area contributed by atoms with Gasteiger partial charge in [-0.1, -0.05) is 6.07 Å². The third-order valence-corrected chi connectivity index (χ3v) is 0.566. The van der Waals surface area contributed by atoms with Crippen molar-refractivity contribution in [3.05, 3.63) is 30.6 Å². The van der Waals surface area contributed by atoms with Crippen LogP contribution >= 0.6 is 22.6 Å². The quantitative estimate of drug-likeness (QED) is 0.520. The smallest absolute Gasteiger partial charge is 0.189 e. The van der Waals surface area contributed by atoms with E-state index in [1.54, 1.807) is 35.0 Å². The largest absolute Gasteiger partial charge is 0.288 e. The van der Waals surface area contributed by atoms with Crippen molar-refractivity contribution in [2.45, 2.75) is 6.92 Å². The highest BCUT2D eigenvalue weighted by molar-refractivity contribution is 14.1. The molecule has 1 aromatic rings. The summed E-state index contributed by atoms with van der Waals surface area (Å²) >= 11 is 1.70. The van der Waals surface area contributed by atoms with Gasteiger partial charge in [-0.25, -0.2) is 0 Å². The fourth-order valence-electron chi connectivity index (χ4n) is 0.313. The molecule has 0 aliphatic rings. The minimum atomic E-state index is 0.137. The zero-order valence-corrected chi connectivity index (χ0v) is 7.78. The molecule has 2 nitrogen and oxygen atoms in total. The molecule has 1 heterocycles. The van der Waals surface area contributed by atoms with Gasteiger partial charge in [0.05, 0.1) is 0 Å². The molecule has 3 heteroatoms. The number of aromatic nitrogens is 1. The Bertz CT molecular complexity index is 146. The van der Waals surface area contributed by atoms with Crippen LogP contribution in [0.25, 0.3) is 0 Å². The van der Waals surface area contributed by atoms with Gasteiger partial charge in [0.1, 0.15) is 0 Å². The molecule has 0 radical (unpaired) electrons. The molecule has 0 fully saturated rings. The van der Waals surface area contributed by atoms with Gasteiger partial charge in [0, 0.05) is 19.3 Å². The Morgan fingerprint density at radius 1 is 1.30 bits per heavy atom. The highest BCUT2D eigenvalue weighted by Gasteiger charge is 1.66. The topological polar surface area (TPSA) is 30.0 Å². The number of rotatable bonds is 0. The van der Waals surface area contributed by atoms with Gasteiger partial charge >= 0.3 is 0 Å². The molecular weight excluding hydrogens is 241 g/mol. The number of carbonyl (C=O) groups excluding carboxylic acids is 1. The summed E-state index contributed by atoms with van der Waals surface area (Å²) in [5.74, 6) is 0. The summed E-state index contributed by atoms with van der Waals surface area (Å²) in [6.45, 7) is 1.51. The van der Waals surface area contributed by atoms with Crippen LogP contribution in [0.4, 0.5) is 0 Å².